The number of fused-ring (bicyclic) bond motifs is 1. The molecule has 3 aromatic rings. The van der Waals surface area contributed by atoms with Gasteiger partial charge in [0.2, 0.25) is 15.9 Å². The van der Waals surface area contributed by atoms with Crippen molar-refractivity contribution in [1.29, 1.82) is 0 Å². The fourth-order valence-electron chi connectivity index (χ4n) is 4.25. The van der Waals surface area contributed by atoms with Crippen LogP contribution in [-0.4, -0.2) is 46.2 Å². The number of nitrogens with one attached hydrogen (secondary N) is 1. The van der Waals surface area contributed by atoms with Crippen LogP contribution in [0.15, 0.2) is 58.5 Å². The molecule has 1 aliphatic carbocycles. The lowest BCUT2D eigenvalue weighted by atomic mass is 9.96. The first-order valence-corrected chi connectivity index (χ1v) is 12.6. The van der Waals surface area contributed by atoms with Gasteiger partial charge in [0.15, 0.2) is 0 Å². The fourth-order valence-corrected chi connectivity index (χ4v) is 5.66. The third kappa shape index (κ3) is 5.23. The van der Waals surface area contributed by atoms with E-state index in [1.54, 1.807) is 7.05 Å². The van der Waals surface area contributed by atoms with Gasteiger partial charge < -0.3 is 5.32 Å². The molecule has 1 fully saturated rings. The third-order valence-electron chi connectivity index (χ3n) is 6.24. The van der Waals surface area contributed by atoms with Crippen molar-refractivity contribution in [3.8, 4) is 0 Å². The molecule has 1 aliphatic rings. The Balaban J connectivity index is 1.44. The molecule has 1 saturated carbocycles. The molecule has 0 aliphatic heterocycles. The average molecular weight is 500 g/mol. The lowest BCUT2D eigenvalue weighted by Crippen LogP contribution is -2.38. The zero-order valence-corrected chi connectivity index (χ0v) is 19.9. The van der Waals surface area contributed by atoms with Crippen LogP contribution in [0.1, 0.15) is 32.1 Å². The fraction of sp³-hybridized carbons (Fsp3) is 0.348. The molecule has 2 aromatic carbocycles. The highest BCUT2D eigenvalue weighted by Gasteiger charge is 2.29. The van der Waals surface area contributed by atoms with Crippen molar-refractivity contribution in [2.45, 2.75) is 49.6 Å². The van der Waals surface area contributed by atoms with Crippen LogP contribution in [0, 0.1) is 10.1 Å². The van der Waals surface area contributed by atoms with Gasteiger partial charge in [-0.3, -0.25) is 24.3 Å². The molecule has 1 heterocycles. The van der Waals surface area contributed by atoms with E-state index >= 15 is 0 Å². The van der Waals surface area contributed by atoms with Crippen LogP contribution in [0.2, 0.25) is 0 Å². The number of rotatable bonds is 7. The molecule has 1 N–H and O–H groups in total. The maximum atomic E-state index is 13.0. The number of non-ortho nitro benzene ring substituents is 1. The molecule has 0 atom stereocenters. The summed E-state index contributed by atoms with van der Waals surface area (Å²) in [5.74, 6) is -0.509. The molecule has 11 nitrogen and oxygen atoms in total. The minimum absolute atomic E-state index is 0.00635. The Morgan fingerprint density at radius 1 is 1.17 bits per heavy atom. The van der Waals surface area contributed by atoms with Crippen molar-refractivity contribution in [3.05, 3.63) is 69.3 Å². The number of amides is 1. The van der Waals surface area contributed by atoms with E-state index in [0.29, 0.717) is 5.69 Å². The van der Waals surface area contributed by atoms with Crippen LogP contribution in [0.3, 0.4) is 0 Å². The smallest absolute Gasteiger partial charge is 0.271 e. The Hall–Kier alpha value is -3.64. The number of benzene rings is 2. The molecule has 0 radical (unpaired) electrons. The van der Waals surface area contributed by atoms with Crippen LogP contribution >= 0.6 is 0 Å². The first-order chi connectivity index (χ1) is 16.7. The summed E-state index contributed by atoms with van der Waals surface area (Å²) in [4.78, 5) is 39.7. The number of carbonyl (C=O) groups excluding carboxylic acids is 1. The van der Waals surface area contributed by atoms with Gasteiger partial charge in [0.05, 0.1) is 27.0 Å². The molecule has 0 saturated heterocycles. The summed E-state index contributed by atoms with van der Waals surface area (Å²) in [6.45, 7) is -0.330. The molecular formula is C23H25N5O6S. The van der Waals surface area contributed by atoms with Gasteiger partial charge >= 0.3 is 0 Å². The highest BCUT2D eigenvalue weighted by atomic mass is 32.2. The highest BCUT2D eigenvalue weighted by molar-refractivity contribution is 7.89. The third-order valence-corrected chi connectivity index (χ3v) is 8.16. The van der Waals surface area contributed by atoms with Crippen LogP contribution in [-0.2, 0) is 21.4 Å². The SMILES string of the molecule is CN(C1CCCCC1)S(=O)(=O)c1ccc(NC(=O)Cn2cnc3cc([N+](=O)[O-])ccc3c2=O)cc1. The second-order valence-corrected chi connectivity index (χ2v) is 10.5. The number of aromatic nitrogens is 2. The van der Waals surface area contributed by atoms with E-state index in [4.69, 9.17) is 0 Å². The lowest BCUT2D eigenvalue weighted by molar-refractivity contribution is -0.384. The minimum atomic E-state index is -3.64. The minimum Gasteiger partial charge on any atom is -0.325 e. The van der Waals surface area contributed by atoms with E-state index in [1.807, 2.05) is 0 Å². The molecule has 1 amide bonds. The van der Waals surface area contributed by atoms with Crippen molar-refractivity contribution in [2.75, 3.05) is 12.4 Å². The van der Waals surface area contributed by atoms with Crippen LogP contribution in [0.25, 0.3) is 10.9 Å². The van der Waals surface area contributed by atoms with Crippen LogP contribution in [0.4, 0.5) is 11.4 Å². The van der Waals surface area contributed by atoms with E-state index in [0.717, 1.165) is 43.0 Å². The van der Waals surface area contributed by atoms with Crippen molar-refractivity contribution < 1.29 is 18.1 Å². The number of sulfonamides is 1. The van der Waals surface area contributed by atoms with Crippen molar-refractivity contribution in [2.24, 2.45) is 0 Å². The summed E-state index contributed by atoms with van der Waals surface area (Å²) in [6.07, 6.45) is 6.03. The van der Waals surface area contributed by atoms with Gasteiger partial charge in [0, 0.05) is 30.9 Å². The molecule has 4 rings (SSSR count). The zero-order chi connectivity index (χ0) is 25.2. The van der Waals surface area contributed by atoms with Crippen LogP contribution in [0.5, 0.6) is 0 Å². The predicted molar refractivity (Wildman–Crippen MR) is 130 cm³/mol. The van der Waals surface area contributed by atoms with E-state index < -0.39 is 26.4 Å². The van der Waals surface area contributed by atoms with Gasteiger partial charge in [-0.1, -0.05) is 19.3 Å². The topological polar surface area (TPSA) is 145 Å². The molecule has 0 bridgehead atoms. The van der Waals surface area contributed by atoms with Gasteiger partial charge in [0.25, 0.3) is 11.2 Å². The van der Waals surface area contributed by atoms with E-state index in [-0.39, 0.29) is 34.1 Å². The Labute approximate surface area is 201 Å². The first kappa shape index (κ1) is 24.5. The van der Waals surface area contributed by atoms with Gasteiger partial charge in [-0.2, -0.15) is 4.31 Å². The largest absolute Gasteiger partial charge is 0.325 e. The standard InChI is InChI=1S/C23H25N5O6S/c1-26(17-5-3-2-4-6-17)35(33,34)19-10-7-16(8-11-19)25-22(29)14-27-15-24-21-13-18(28(31)32)9-12-20(21)23(27)30/h7-13,15,17H,2-6,14H2,1H3,(H,25,29). The van der Waals surface area contributed by atoms with E-state index in [9.17, 15) is 28.1 Å². The molecule has 12 heteroatoms. The molecule has 1 aromatic heterocycles. The quantitative estimate of drug-likeness (QED) is 0.389. The second kappa shape index (κ2) is 9.92. The maximum absolute atomic E-state index is 13.0. The Morgan fingerprint density at radius 3 is 2.51 bits per heavy atom. The Morgan fingerprint density at radius 2 is 1.86 bits per heavy atom. The number of nitro benzene ring substituents is 1. The summed E-state index contributed by atoms with van der Waals surface area (Å²) in [5, 5.41) is 13.7. The monoisotopic (exact) mass is 499 g/mol. The van der Waals surface area contributed by atoms with Crippen molar-refractivity contribution >= 4 is 38.2 Å². The lowest BCUT2D eigenvalue weighted by Gasteiger charge is -2.30. The highest BCUT2D eigenvalue weighted by Crippen LogP contribution is 2.27. The first-order valence-electron chi connectivity index (χ1n) is 11.2. The normalized spacial score (nSPS) is 14.8. The second-order valence-electron chi connectivity index (χ2n) is 8.52. The molecule has 0 spiro atoms. The molecule has 0 unspecified atom stereocenters. The zero-order valence-electron chi connectivity index (χ0n) is 19.1. The van der Waals surface area contributed by atoms with E-state index in [1.165, 1.54) is 46.8 Å². The number of anilines is 1. The number of nitrogens with zero attached hydrogens (tertiary/aromatic N) is 4. The van der Waals surface area contributed by atoms with Crippen molar-refractivity contribution in [1.82, 2.24) is 13.9 Å². The number of hydrogen-bond acceptors (Lipinski definition) is 7. The van der Waals surface area contributed by atoms with Gasteiger partial charge in [0.1, 0.15) is 6.54 Å². The number of hydrogen-bond donors (Lipinski definition) is 1. The summed E-state index contributed by atoms with van der Waals surface area (Å²) >= 11 is 0. The summed E-state index contributed by atoms with van der Waals surface area (Å²) in [6, 6.07) is 9.59. The number of carbonyl (C=O) groups is 1. The van der Waals surface area contributed by atoms with Gasteiger partial charge in [-0.15, -0.1) is 0 Å². The van der Waals surface area contributed by atoms with Gasteiger partial charge in [-0.05, 0) is 43.2 Å². The van der Waals surface area contributed by atoms with Crippen molar-refractivity contribution in [3.63, 3.8) is 0 Å². The summed E-state index contributed by atoms with van der Waals surface area (Å²) in [7, 11) is -2.04. The molecule has 35 heavy (non-hydrogen) atoms. The van der Waals surface area contributed by atoms with Gasteiger partial charge in [-0.25, -0.2) is 13.4 Å². The molecular weight excluding hydrogens is 474 g/mol. The average Bonchev–Trinajstić information content (AvgIpc) is 2.86. The Kier molecular flexibility index (Phi) is 6.94. The summed E-state index contributed by atoms with van der Waals surface area (Å²) < 4.78 is 28.5. The van der Waals surface area contributed by atoms with E-state index in [2.05, 4.69) is 10.3 Å². The number of nitro groups is 1. The predicted octanol–water partition coefficient (Wildman–Crippen LogP) is 2.90. The summed E-state index contributed by atoms with van der Waals surface area (Å²) in [5.41, 5.74) is -0.148. The van der Waals surface area contributed by atoms with Crippen LogP contribution < -0.4 is 10.9 Å². The molecule has 184 valence electrons. The maximum Gasteiger partial charge on any atom is 0.271 e. The Bertz CT molecular complexity index is 1430.